The average molecular weight is 315 g/mol. The van der Waals surface area contributed by atoms with Crippen LogP contribution in [0.4, 0.5) is 8.78 Å². The van der Waals surface area contributed by atoms with E-state index in [1.807, 2.05) is 19.9 Å². The third-order valence-corrected chi connectivity index (χ3v) is 4.03. The molecule has 1 aliphatic carbocycles. The highest BCUT2D eigenvalue weighted by atomic mass is 19.3. The summed E-state index contributed by atoms with van der Waals surface area (Å²) in [5.74, 6) is -0.313. The fourth-order valence-electron chi connectivity index (χ4n) is 3.08. The highest BCUT2D eigenvalue weighted by molar-refractivity contribution is 6.00. The third kappa shape index (κ3) is 2.52. The minimum Gasteiger partial charge on any atom is -0.294 e. The summed E-state index contributed by atoms with van der Waals surface area (Å²) in [5.41, 5.74) is 0.408. The maximum Gasteiger partial charge on any atom is 0.282 e. The van der Waals surface area contributed by atoms with Gasteiger partial charge in [-0.3, -0.25) is 4.79 Å². The van der Waals surface area contributed by atoms with Crippen LogP contribution >= 0.6 is 0 Å². The van der Waals surface area contributed by atoms with Gasteiger partial charge in [-0.05, 0) is 24.0 Å². The van der Waals surface area contributed by atoms with Gasteiger partial charge in [0.05, 0.1) is 22.5 Å². The van der Waals surface area contributed by atoms with Crippen molar-refractivity contribution in [1.29, 1.82) is 5.26 Å². The van der Waals surface area contributed by atoms with Crippen LogP contribution in [0.15, 0.2) is 24.3 Å². The van der Waals surface area contributed by atoms with Gasteiger partial charge in [0.25, 0.3) is 6.43 Å². The second kappa shape index (κ2) is 5.27. The molecule has 1 aliphatic rings. The molecule has 1 aromatic heterocycles. The molecular weight excluding hydrogens is 300 g/mol. The zero-order valence-electron chi connectivity index (χ0n) is 12.8. The Hall–Kier alpha value is -2.55. The van der Waals surface area contributed by atoms with Gasteiger partial charge in [-0.15, -0.1) is 0 Å². The van der Waals surface area contributed by atoms with Crippen molar-refractivity contribution in [2.75, 3.05) is 0 Å². The summed E-state index contributed by atoms with van der Waals surface area (Å²) in [6, 6.07) is 8.69. The van der Waals surface area contributed by atoms with Gasteiger partial charge in [-0.2, -0.15) is 10.4 Å². The maximum atomic E-state index is 13.3. The van der Waals surface area contributed by atoms with Crippen LogP contribution < -0.4 is 0 Å². The number of rotatable bonds is 2. The summed E-state index contributed by atoms with van der Waals surface area (Å²) in [6.45, 7) is 3.84. The summed E-state index contributed by atoms with van der Waals surface area (Å²) < 4.78 is 28.0. The molecule has 118 valence electrons. The second-order valence-corrected chi connectivity index (χ2v) is 6.49. The molecule has 0 saturated heterocycles. The lowest BCUT2D eigenvalue weighted by atomic mass is 9.75. The van der Waals surface area contributed by atoms with E-state index in [-0.39, 0.29) is 23.2 Å². The quantitative estimate of drug-likeness (QED) is 0.846. The minimum absolute atomic E-state index is 0.0204. The fourth-order valence-corrected chi connectivity index (χ4v) is 3.08. The van der Waals surface area contributed by atoms with Gasteiger partial charge in [0.2, 0.25) is 0 Å². The SMILES string of the molecule is CC1(C)CC(=O)c2c(C(F)F)nn(-c3ccccc3C#N)c2C1. The molecule has 0 amide bonds. The molecule has 0 saturated carbocycles. The molecule has 1 heterocycles. The molecular formula is C17H15F2N3O. The smallest absolute Gasteiger partial charge is 0.282 e. The van der Waals surface area contributed by atoms with Crippen molar-refractivity contribution in [1.82, 2.24) is 9.78 Å². The molecule has 0 N–H and O–H groups in total. The summed E-state index contributed by atoms with van der Waals surface area (Å²) in [7, 11) is 0. The molecule has 4 nitrogen and oxygen atoms in total. The lowest BCUT2D eigenvalue weighted by Gasteiger charge is -2.29. The number of ketones is 1. The van der Waals surface area contributed by atoms with E-state index in [1.165, 1.54) is 4.68 Å². The molecule has 3 rings (SSSR count). The van der Waals surface area contributed by atoms with Crippen molar-refractivity contribution in [2.45, 2.75) is 33.1 Å². The highest BCUT2D eigenvalue weighted by Crippen LogP contribution is 2.39. The Kier molecular flexibility index (Phi) is 3.52. The van der Waals surface area contributed by atoms with Crippen molar-refractivity contribution < 1.29 is 13.6 Å². The lowest BCUT2D eigenvalue weighted by Crippen LogP contribution is -2.28. The molecule has 0 aliphatic heterocycles. The van der Waals surface area contributed by atoms with E-state index in [4.69, 9.17) is 0 Å². The van der Waals surface area contributed by atoms with E-state index in [9.17, 15) is 18.8 Å². The van der Waals surface area contributed by atoms with E-state index in [0.717, 1.165) is 0 Å². The number of para-hydroxylation sites is 1. The first-order valence-corrected chi connectivity index (χ1v) is 7.27. The number of carbonyl (C=O) groups is 1. The number of benzene rings is 1. The number of hydrogen-bond donors (Lipinski definition) is 0. The Morgan fingerprint density at radius 1 is 1.30 bits per heavy atom. The van der Waals surface area contributed by atoms with E-state index in [2.05, 4.69) is 5.10 Å². The summed E-state index contributed by atoms with van der Waals surface area (Å²) >= 11 is 0. The third-order valence-electron chi connectivity index (χ3n) is 4.03. The monoisotopic (exact) mass is 315 g/mol. The van der Waals surface area contributed by atoms with Gasteiger partial charge < -0.3 is 0 Å². The van der Waals surface area contributed by atoms with Crippen LogP contribution in [0.2, 0.25) is 0 Å². The number of nitriles is 1. The van der Waals surface area contributed by atoms with E-state index >= 15 is 0 Å². The zero-order chi connectivity index (χ0) is 16.8. The van der Waals surface area contributed by atoms with Crippen LogP contribution in [0.25, 0.3) is 5.69 Å². The topological polar surface area (TPSA) is 58.7 Å². The van der Waals surface area contributed by atoms with Crippen molar-refractivity contribution in [3.05, 3.63) is 46.8 Å². The Balaban J connectivity index is 2.30. The summed E-state index contributed by atoms with van der Waals surface area (Å²) in [5, 5.41) is 13.2. The van der Waals surface area contributed by atoms with Gasteiger partial charge >= 0.3 is 0 Å². The molecule has 1 aromatic carbocycles. The number of fused-ring (bicyclic) bond motifs is 1. The van der Waals surface area contributed by atoms with E-state index in [1.54, 1.807) is 24.3 Å². The minimum atomic E-state index is -2.83. The highest BCUT2D eigenvalue weighted by Gasteiger charge is 2.38. The van der Waals surface area contributed by atoms with Crippen LogP contribution in [0.1, 0.15) is 54.0 Å². The number of nitrogens with zero attached hydrogens (tertiary/aromatic N) is 3. The lowest BCUT2D eigenvalue weighted by molar-refractivity contribution is 0.0896. The Morgan fingerprint density at radius 2 is 2.00 bits per heavy atom. The molecule has 0 spiro atoms. The fraction of sp³-hybridized carbons (Fsp3) is 0.353. The van der Waals surface area contributed by atoms with Crippen LogP contribution in [-0.4, -0.2) is 15.6 Å². The first-order chi connectivity index (χ1) is 10.8. The second-order valence-electron chi connectivity index (χ2n) is 6.49. The number of hydrogen-bond acceptors (Lipinski definition) is 3. The van der Waals surface area contributed by atoms with E-state index in [0.29, 0.717) is 23.4 Å². The molecule has 0 atom stereocenters. The van der Waals surface area contributed by atoms with Gasteiger partial charge in [0, 0.05) is 6.42 Å². The van der Waals surface area contributed by atoms with Crippen LogP contribution in [0.5, 0.6) is 0 Å². The number of alkyl halides is 2. The molecule has 0 fully saturated rings. The van der Waals surface area contributed by atoms with E-state index < -0.39 is 12.1 Å². The summed E-state index contributed by atoms with van der Waals surface area (Å²) in [4.78, 5) is 12.4. The molecule has 0 radical (unpaired) electrons. The molecule has 6 heteroatoms. The first-order valence-electron chi connectivity index (χ1n) is 7.27. The van der Waals surface area contributed by atoms with Crippen LogP contribution in [-0.2, 0) is 6.42 Å². The Bertz CT molecular complexity index is 831. The number of Topliss-reactive ketones (excluding diaryl/α,β-unsaturated/α-hetero) is 1. The Labute approximate surface area is 132 Å². The predicted octanol–water partition coefficient (Wildman–Crippen LogP) is 3.84. The molecule has 0 bridgehead atoms. The Morgan fingerprint density at radius 3 is 2.65 bits per heavy atom. The summed E-state index contributed by atoms with van der Waals surface area (Å²) in [6.07, 6.45) is -2.16. The zero-order valence-corrected chi connectivity index (χ0v) is 12.8. The maximum absolute atomic E-state index is 13.3. The molecule has 2 aromatic rings. The largest absolute Gasteiger partial charge is 0.294 e. The number of halogens is 2. The predicted molar refractivity (Wildman–Crippen MR) is 79.7 cm³/mol. The van der Waals surface area contributed by atoms with Crippen LogP contribution in [0, 0.1) is 16.7 Å². The molecule has 0 unspecified atom stereocenters. The first kappa shape index (κ1) is 15.3. The normalized spacial score (nSPS) is 16.3. The van der Waals surface area contributed by atoms with Crippen molar-refractivity contribution >= 4 is 5.78 Å². The van der Waals surface area contributed by atoms with Gasteiger partial charge in [-0.1, -0.05) is 26.0 Å². The van der Waals surface area contributed by atoms with Crippen LogP contribution in [0.3, 0.4) is 0 Å². The number of aromatic nitrogens is 2. The van der Waals surface area contributed by atoms with Crippen molar-refractivity contribution in [3.63, 3.8) is 0 Å². The molecule has 23 heavy (non-hydrogen) atoms. The van der Waals surface area contributed by atoms with Gasteiger partial charge in [-0.25, -0.2) is 13.5 Å². The van der Waals surface area contributed by atoms with Crippen molar-refractivity contribution in [2.24, 2.45) is 5.41 Å². The van der Waals surface area contributed by atoms with Gasteiger partial charge in [0.1, 0.15) is 11.8 Å². The average Bonchev–Trinajstić information content (AvgIpc) is 2.85. The standard InChI is InChI=1S/C17H15F2N3O/c1-17(2)7-12-14(13(23)8-17)15(16(18)19)21-22(12)11-6-4-3-5-10(11)9-20/h3-6,16H,7-8H2,1-2H3. The van der Waals surface area contributed by atoms with Crippen molar-refractivity contribution in [3.8, 4) is 11.8 Å². The van der Waals surface area contributed by atoms with Gasteiger partial charge in [0.15, 0.2) is 5.78 Å². The number of carbonyl (C=O) groups excluding carboxylic acids is 1.